The molecule has 0 aromatic heterocycles. The summed E-state index contributed by atoms with van der Waals surface area (Å²) in [6.07, 6.45) is -6.61. The number of hydroxylamine groups is 3. The molecule has 11 atom stereocenters. The van der Waals surface area contributed by atoms with Crippen LogP contribution >= 0.6 is 0 Å². The number of carbonyl (C=O) groups excluding carboxylic acids is 1. The van der Waals surface area contributed by atoms with Gasteiger partial charge in [-0.15, -0.1) is 0 Å². The number of anilines is 1. The van der Waals surface area contributed by atoms with Crippen LogP contribution in [0.5, 0.6) is 0 Å². The van der Waals surface area contributed by atoms with Gasteiger partial charge in [-0.2, -0.15) is 0 Å². The third kappa shape index (κ3) is 3.39. The molecule has 5 aliphatic rings. The first-order valence-corrected chi connectivity index (χ1v) is 12.9. The number of hydrogen-bond donors (Lipinski definition) is 5. The summed E-state index contributed by atoms with van der Waals surface area (Å²) in [6.45, 7) is 1.80. The molecule has 1 aliphatic carbocycles. The minimum atomic E-state index is -1.57. The Kier molecular flexibility index (Phi) is 5.94. The molecule has 3 fully saturated rings. The molecule has 1 spiro atoms. The first kappa shape index (κ1) is 25.2. The zero-order chi connectivity index (χ0) is 26.3. The molecule has 11 heteroatoms. The summed E-state index contributed by atoms with van der Waals surface area (Å²) in [7, 11) is 1.35. The van der Waals surface area contributed by atoms with Gasteiger partial charge in [0, 0.05) is 36.1 Å². The van der Waals surface area contributed by atoms with Gasteiger partial charge in [-0.3, -0.25) is 0 Å². The van der Waals surface area contributed by atoms with Crippen molar-refractivity contribution in [2.45, 2.75) is 68.0 Å². The van der Waals surface area contributed by atoms with Crippen LogP contribution in [0.1, 0.15) is 25.3 Å². The van der Waals surface area contributed by atoms with E-state index in [1.807, 2.05) is 24.3 Å². The van der Waals surface area contributed by atoms with E-state index in [1.54, 1.807) is 6.92 Å². The Bertz CT molecular complexity index is 1130. The molecule has 3 saturated heterocycles. The molecule has 1 unspecified atom stereocenters. The average molecular weight is 519 g/mol. The normalized spacial score (nSPS) is 44.6. The van der Waals surface area contributed by atoms with Gasteiger partial charge in [0.05, 0.1) is 43.9 Å². The lowest BCUT2D eigenvalue weighted by Gasteiger charge is -2.58. The number of methoxy groups -OCH3 is 1. The van der Waals surface area contributed by atoms with Gasteiger partial charge >= 0.3 is 5.97 Å². The van der Waals surface area contributed by atoms with Crippen LogP contribution in [0.4, 0.5) is 5.69 Å². The van der Waals surface area contributed by atoms with E-state index in [1.165, 1.54) is 7.11 Å². The van der Waals surface area contributed by atoms with Crippen LogP contribution in [0.15, 0.2) is 35.5 Å². The highest BCUT2D eigenvalue weighted by Gasteiger charge is 2.68. The zero-order valence-electron chi connectivity index (χ0n) is 20.8. The third-order valence-corrected chi connectivity index (χ3v) is 9.49. The van der Waals surface area contributed by atoms with Crippen LogP contribution in [-0.4, -0.2) is 101 Å². The summed E-state index contributed by atoms with van der Waals surface area (Å²) >= 11 is 0. The second kappa shape index (κ2) is 8.72. The number of nitrogens with one attached hydrogen (secondary N) is 1. The van der Waals surface area contributed by atoms with Crippen LogP contribution in [0, 0.1) is 17.0 Å². The fraction of sp³-hybridized carbons (Fsp3) is 0.654. The Balaban J connectivity index is 1.38. The van der Waals surface area contributed by atoms with Gasteiger partial charge in [0.15, 0.2) is 6.29 Å². The van der Waals surface area contributed by atoms with Gasteiger partial charge in [0.1, 0.15) is 30.5 Å². The largest absolute Gasteiger partial charge is 0.633 e. The molecule has 1 aromatic carbocycles. The first-order valence-electron chi connectivity index (χ1n) is 12.9. The van der Waals surface area contributed by atoms with Gasteiger partial charge in [0.25, 0.3) is 0 Å². The summed E-state index contributed by atoms with van der Waals surface area (Å²) in [4.78, 5) is 13.3. The number of ether oxygens (including phenoxy) is 3. The van der Waals surface area contributed by atoms with Crippen molar-refractivity contribution in [3.63, 3.8) is 0 Å². The lowest BCUT2D eigenvalue weighted by atomic mass is 9.60. The van der Waals surface area contributed by atoms with Gasteiger partial charge in [-0.25, -0.2) is 4.79 Å². The molecule has 2 bridgehead atoms. The number of benzene rings is 1. The summed E-state index contributed by atoms with van der Waals surface area (Å²) in [5, 5.41) is 58.2. The molecular formula is C26H34N2O9. The number of rotatable bonds is 5. The predicted octanol–water partition coefficient (Wildman–Crippen LogP) is -0.281. The molecule has 37 heavy (non-hydrogen) atoms. The van der Waals surface area contributed by atoms with Crippen LogP contribution < -0.4 is 5.32 Å². The molecule has 0 amide bonds. The Morgan fingerprint density at radius 2 is 2.03 bits per heavy atom. The van der Waals surface area contributed by atoms with Crippen molar-refractivity contribution in [1.82, 2.24) is 0 Å². The van der Waals surface area contributed by atoms with Crippen LogP contribution in [0.2, 0.25) is 0 Å². The van der Waals surface area contributed by atoms with E-state index in [2.05, 4.69) is 5.32 Å². The summed E-state index contributed by atoms with van der Waals surface area (Å²) < 4.78 is 16.5. The van der Waals surface area contributed by atoms with Crippen molar-refractivity contribution in [3.05, 3.63) is 46.3 Å². The van der Waals surface area contributed by atoms with Crippen LogP contribution in [0.3, 0.4) is 0 Å². The lowest BCUT2D eigenvalue weighted by Crippen LogP contribution is -2.65. The van der Waals surface area contributed by atoms with Gasteiger partial charge in [0.2, 0.25) is 0 Å². The molecule has 202 valence electrons. The highest BCUT2D eigenvalue weighted by Crippen LogP contribution is 2.63. The molecule has 4 heterocycles. The van der Waals surface area contributed by atoms with Gasteiger partial charge in [-0.05, 0) is 18.6 Å². The first-order chi connectivity index (χ1) is 17.7. The number of nitrogens with zero attached hydrogens (tertiary/aromatic N) is 1. The van der Waals surface area contributed by atoms with Gasteiger partial charge in [-0.1, -0.05) is 18.2 Å². The number of piperidine rings is 1. The minimum Gasteiger partial charge on any atom is -0.633 e. The maximum atomic E-state index is 14.4. The topological polar surface area (TPSA) is 161 Å². The standard InChI is InChI=1S/C26H34N2O9/c1-12(36-25-22(32)21(31)20(30)17(11-29)37-25)14-10-28(34)8-7-26-15-5-3-4-6-16(15)27-23(26)19(24(33)35-2)13(14)9-18(26)28/h3-6,12-14,17-18,20-22,25,27,29-32H,7-11H2,1-2H3/t12-,13-,14-,17+,18-,20+,21-,22+,25+,26+,28?/m0/s1. The van der Waals surface area contributed by atoms with Crippen molar-refractivity contribution < 1.29 is 44.1 Å². The summed E-state index contributed by atoms with van der Waals surface area (Å²) in [6, 6.07) is 7.64. The maximum absolute atomic E-state index is 14.4. The monoisotopic (exact) mass is 518 g/mol. The number of quaternary nitrogens is 1. The smallest absolute Gasteiger partial charge is 0.335 e. The molecule has 11 nitrogen and oxygen atoms in total. The van der Waals surface area contributed by atoms with E-state index in [-0.39, 0.29) is 18.5 Å². The van der Waals surface area contributed by atoms with Crippen molar-refractivity contribution >= 4 is 11.7 Å². The molecule has 0 saturated carbocycles. The van der Waals surface area contributed by atoms with E-state index in [0.717, 1.165) is 16.9 Å². The molecule has 1 aromatic rings. The predicted molar refractivity (Wildman–Crippen MR) is 128 cm³/mol. The minimum absolute atomic E-state index is 0.214. The van der Waals surface area contributed by atoms with Crippen LogP contribution in [-0.2, 0) is 24.4 Å². The SMILES string of the molecule is COC(=O)C1=C2Nc3ccccc3[C@@]23CC[N+]2([O-])C[C@@H]([C@H](C)O[C@@H]4O[C@H](CO)[C@@H](O)[C@H](O)[C@H]4O)[C@@H]1C[C@@H]32. The van der Waals surface area contributed by atoms with Crippen molar-refractivity contribution in [2.24, 2.45) is 11.8 Å². The molecule has 0 radical (unpaired) electrons. The van der Waals surface area contributed by atoms with Crippen molar-refractivity contribution in [3.8, 4) is 0 Å². The number of aliphatic hydroxyl groups excluding tert-OH is 4. The summed E-state index contributed by atoms with van der Waals surface area (Å²) in [5.41, 5.74) is 2.67. The second-order valence-corrected chi connectivity index (χ2v) is 11.1. The van der Waals surface area contributed by atoms with Crippen molar-refractivity contribution in [1.29, 1.82) is 0 Å². The van der Waals surface area contributed by atoms with Gasteiger partial charge < -0.3 is 49.8 Å². The quantitative estimate of drug-likeness (QED) is 0.199. The third-order valence-electron chi connectivity index (χ3n) is 9.49. The van der Waals surface area contributed by atoms with E-state index in [0.29, 0.717) is 25.0 Å². The molecule has 6 rings (SSSR count). The van der Waals surface area contributed by atoms with Crippen molar-refractivity contribution in [2.75, 3.05) is 32.1 Å². The highest BCUT2D eigenvalue weighted by molar-refractivity contribution is 5.93. The molecule has 4 aliphatic heterocycles. The fourth-order valence-corrected chi connectivity index (χ4v) is 7.72. The number of esters is 1. The average Bonchev–Trinajstić information content (AvgIpc) is 3.41. The maximum Gasteiger partial charge on any atom is 0.335 e. The number of fused-ring (bicyclic) bond motifs is 2. The summed E-state index contributed by atoms with van der Waals surface area (Å²) in [5.74, 6) is -1.19. The van der Waals surface area contributed by atoms with E-state index in [9.17, 15) is 30.4 Å². The fourth-order valence-electron chi connectivity index (χ4n) is 7.72. The Hall–Kier alpha value is -2.09. The zero-order valence-corrected chi connectivity index (χ0v) is 20.8. The Labute approximate surface area is 214 Å². The van der Waals surface area contributed by atoms with E-state index in [4.69, 9.17) is 14.2 Å². The Morgan fingerprint density at radius 1 is 1.27 bits per heavy atom. The Morgan fingerprint density at radius 3 is 2.76 bits per heavy atom. The number of para-hydroxylation sites is 1. The highest BCUT2D eigenvalue weighted by atomic mass is 16.7. The lowest BCUT2D eigenvalue weighted by molar-refractivity contribution is -0.905. The number of aliphatic hydroxyl groups is 4. The molecular weight excluding hydrogens is 484 g/mol. The molecule has 5 N–H and O–H groups in total. The van der Waals surface area contributed by atoms with E-state index >= 15 is 0 Å². The number of hydrogen-bond acceptors (Lipinski definition) is 10. The second-order valence-electron chi connectivity index (χ2n) is 11.1. The van der Waals surface area contributed by atoms with Crippen LogP contribution in [0.25, 0.3) is 0 Å². The number of carbonyl (C=O) groups is 1. The van der Waals surface area contributed by atoms with E-state index < -0.39 is 65.4 Å².